The molecule has 0 atom stereocenters. The Morgan fingerprint density at radius 3 is 2.90 bits per heavy atom. The monoisotopic (exact) mass is 275 g/mol. The Balaban J connectivity index is 2.30. The van der Waals surface area contributed by atoms with Crippen LogP contribution in [-0.2, 0) is 0 Å². The van der Waals surface area contributed by atoms with Crippen molar-refractivity contribution in [3.8, 4) is 5.75 Å². The third kappa shape index (κ3) is 2.76. The number of carbonyl (C=O) groups is 1. The van der Waals surface area contributed by atoms with Crippen molar-refractivity contribution in [3.05, 3.63) is 29.7 Å². The quantitative estimate of drug-likeness (QED) is 0.911. The Morgan fingerprint density at radius 2 is 2.25 bits per heavy atom. The van der Waals surface area contributed by atoms with Crippen molar-refractivity contribution in [2.45, 2.75) is 27.2 Å². The molecule has 0 spiro atoms. The van der Waals surface area contributed by atoms with E-state index in [0.717, 1.165) is 6.42 Å². The Hall–Kier alpha value is -2.04. The van der Waals surface area contributed by atoms with Crippen LogP contribution >= 0.6 is 0 Å². The number of carbonyl (C=O) groups excluding carboxylic acids is 1. The molecule has 2 aromatic heterocycles. The second-order valence-corrected chi connectivity index (χ2v) is 5.25. The van der Waals surface area contributed by atoms with Crippen LogP contribution in [0.1, 0.15) is 36.5 Å². The van der Waals surface area contributed by atoms with Gasteiger partial charge in [-0.1, -0.05) is 13.8 Å². The minimum Gasteiger partial charge on any atom is -0.493 e. The fourth-order valence-corrected chi connectivity index (χ4v) is 2.15. The molecule has 1 amide bonds. The van der Waals surface area contributed by atoms with Gasteiger partial charge in [0.2, 0.25) is 0 Å². The maximum Gasteiger partial charge on any atom is 0.270 e. The van der Waals surface area contributed by atoms with Crippen molar-refractivity contribution in [3.63, 3.8) is 0 Å². The minimum atomic E-state index is -0.0936. The number of amides is 1. The van der Waals surface area contributed by atoms with Gasteiger partial charge >= 0.3 is 0 Å². The van der Waals surface area contributed by atoms with Gasteiger partial charge < -0.3 is 10.1 Å². The van der Waals surface area contributed by atoms with Gasteiger partial charge in [0.1, 0.15) is 5.69 Å². The second-order valence-electron chi connectivity index (χ2n) is 5.25. The lowest BCUT2D eigenvalue weighted by molar-refractivity contribution is 0.0945. The molecule has 0 aliphatic carbocycles. The summed E-state index contributed by atoms with van der Waals surface area (Å²) in [6.07, 6.45) is 2.79. The van der Waals surface area contributed by atoms with Gasteiger partial charge in [-0.05, 0) is 31.4 Å². The van der Waals surface area contributed by atoms with Gasteiger partial charge in [0, 0.05) is 12.7 Å². The van der Waals surface area contributed by atoms with E-state index in [0.29, 0.717) is 35.2 Å². The first-order chi connectivity index (χ1) is 9.54. The number of hydrogen-bond donors (Lipinski definition) is 1. The summed E-state index contributed by atoms with van der Waals surface area (Å²) in [6, 6.07) is 3.68. The summed E-state index contributed by atoms with van der Waals surface area (Å²) in [4.78, 5) is 16.7. The molecule has 2 heterocycles. The van der Waals surface area contributed by atoms with Crippen LogP contribution < -0.4 is 10.1 Å². The number of aryl methyl sites for hydroxylation is 1. The van der Waals surface area contributed by atoms with E-state index in [4.69, 9.17) is 4.74 Å². The molecule has 0 aromatic carbocycles. The number of hydrogen-bond acceptors (Lipinski definition) is 3. The lowest BCUT2D eigenvalue weighted by atomic mass is 10.1. The average Bonchev–Trinajstić information content (AvgIpc) is 2.73. The van der Waals surface area contributed by atoms with Crippen LogP contribution in [0.2, 0.25) is 0 Å². The predicted octanol–water partition coefficient (Wildman–Crippen LogP) is 2.43. The summed E-state index contributed by atoms with van der Waals surface area (Å²) in [5.74, 6) is 1.14. The van der Waals surface area contributed by atoms with Crippen molar-refractivity contribution in [1.29, 1.82) is 0 Å². The molecule has 0 unspecified atom stereocenters. The smallest absolute Gasteiger partial charge is 0.270 e. The van der Waals surface area contributed by atoms with E-state index in [1.54, 1.807) is 11.5 Å². The molecule has 0 aliphatic rings. The van der Waals surface area contributed by atoms with E-state index in [1.165, 1.54) is 0 Å². The summed E-state index contributed by atoms with van der Waals surface area (Å²) in [7, 11) is 1.60. The van der Waals surface area contributed by atoms with Crippen molar-refractivity contribution < 1.29 is 9.53 Å². The molecule has 0 bridgehead atoms. The Bertz CT molecular complexity index is 617. The molecule has 0 saturated carbocycles. The summed E-state index contributed by atoms with van der Waals surface area (Å²) in [5, 5.41) is 2.95. The Labute approximate surface area is 119 Å². The van der Waals surface area contributed by atoms with Crippen molar-refractivity contribution >= 4 is 11.6 Å². The fourth-order valence-electron chi connectivity index (χ4n) is 2.15. The lowest BCUT2D eigenvalue weighted by Gasteiger charge is -2.08. The first-order valence-electron chi connectivity index (χ1n) is 6.84. The molecule has 2 aromatic rings. The van der Waals surface area contributed by atoms with Crippen LogP contribution in [0.3, 0.4) is 0 Å². The Kier molecular flexibility index (Phi) is 4.27. The van der Waals surface area contributed by atoms with Crippen LogP contribution in [0.15, 0.2) is 18.3 Å². The Morgan fingerprint density at radius 1 is 1.50 bits per heavy atom. The van der Waals surface area contributed by atoms with Crippen molar-refractivity contribution in [2.24, 2.45) is 5.92 Å². The lowest BCUT2D eigenvalue weighted by Crippen LogP contribution is -2.27. The SMILES string of the molecule is COc1cccn2c(C(=O)NCCC(C)C)c(C)nc12. The molecular weight excluding hydrogens is 254 g/mol. The summed E-state index contributed by atoms with van der Waals surface area (Å²) in [6.45, 7) is 6.78. The summed E-state index contributed by atoms with van der Waals surface area (Å²) in [5.41, 5.74) is 1.95. The van der Waals surface area contributed by atoms with Crippen LogP contribution in [0.5, 0.6) is 5.75 Å². The van der Waals surface area contributed by atoms with Gasteiger partial charge in [-0.15, -0.1) is 0 Å². The third-order valence-electron chi connectivity index (χ3n) is 3.23. The zero-order chi connectivity index (χ0) is 14.7. The zero-order valence-corrected chi connectivity index (χ0v) is 12.4. The van der Waals surface area contributed by atoms with Gasteiger partial charge in [-0.2, -0.15) is 0 Å². The van der Waals surface area contributed by atoms with Gasteiger partial charge in [0.25, 0.3) is 5.91 Å². The highest BCUT2D eigenvalue weighted by molar-refractivity contribution is 5.94. The number of aromatic nitrogens is 2. The van der Waals surface area contributed by atoms with Crippen LogP contribution in [0.25, 0.3) is 5.65 Å². The molecule has 108 valence electrons. The number of imidazole rings is 1. The maximum atomic E-state index is 12.3. The van der Waals surface area contributed by atoms with E-state index in [2.05, 4.69) is 24.1 Å². The number of fused-ring (bicyclic) bond motifs is 1. The molecule has 20 heavy (non-hydrogen) atoms. The number of nitrogens with one attached hydrogen (secondary N) is 1. The number of methoxy groups -OCH3 is 1. The van der Waals surface area contributed by atoms with E-state index >= 15 is 0 Å². The molecular formula is C15H21N3O2. The fraction of sp³-hybridized carbons (Fsp3) is 0.467. The van der Waals surface area contributed by atoms with Gasteiger partial charge in [-0.3, -0.25) is 9.20 Å². The molecule has 0 radical (unpaired) electrons. The second kappa shape index (κ2) is 5.94. The van der Waals surface area contributed by atoms with Crippen LogP contribution in [0.4, 0.5) is 0 Å². The van der Waals surface area contributed by atoms with Crippen LogP contribution in [0, 0.1) is 12.8 Å². The largest absolute Gasteiger partial charge is 0.493 e. The number of ether oxygens (including phenoxy) is 1. The number of pyridine rings is 1. The molecule has 5 nitrogen and oxygen atoms in total. The van der Waals surface area contributed by atoms with Gasteiger partial charge in [0.15, 0.2) is 11.4 Å². The highest BCUT2D eigenvalue weighted by Crippen LogP contribution is 2.21. The zero-order valence-electron chi connectivity index (χ0n) is 12.4. The molecule has 2 rings (SSSR count). The molecule has 0 aliphatic heterocycles. The van der Waals surface area contributed by atoms with Gasteiger partial charge in [-0.25, -0.2) is 4.98 Å². The maximum absolute atomic E-state index is 12.3. The third-order valence-corrected chi connectivity index (χ3v) is 3.23. The van der Waals surface area contributed by atoms with E-state index < -0.39 is 0 Å². The predicted molar refractivity (Wildman–Crippen MR) is 78.3 cm³/mol. The molecule has 0 saturated heterocycles. The first kappa shape index (κ1) is 14.4. The standard InChI is InChI=1S/C15H21N3O2/c1-10(2)7-8-16-15(19)13-11(3)17-14-12(20-4)6-5-9-18(13)14/h5-6,9-10H,7-8H2,1-4H3,(H,16,19). The van der Waals surface area contributed by atoms with Gasteiger partial charge in [0.05, 0.1) is 12.8 Å². The van der Waals surface area contributed by atoms with Crippen molar-refractivity contribution in [1.82, 2.24) is 14.7 Å². The number of rotatable bonds is 5. The van der Waals surface area contributed by atoms with Crippen molar-refractivity contribution in [2.75, 3.05) is 13.7 Å². The van der Waals surface area contributed by atoms with E-state index in [9.17, 15) is 4.79 Å². The molecule has 1 N–H and O–H groups in total. The first-order valence-corrected chi connectivity index (χ1v) is 6.84. The normalized spacial score (nSPS) is 11.1. The summed E-state index contributed by atoms with van der Waals surface area (Å²) >= 11 is 0. The summed E-state index contributed by atoms with van der Waals surface area (Å²) < 4.78 is 7.05. The average molecular weight is 275 g/mol. The van der Waals surface area contributed by atoms with Crippen LogP contribution in [-0.4, -0.2) is 28.9 Å². The highest BCUT2D eigenvalue weighted by Gasteiger charge is 2.18. The highest BCUT2D eigenvalue weighted by atomic mass is 16.5. The minimum absolute atomic E-state index is 0.0936. The van der Waals surface area contributed by atoms with E-state index in [-0.39, 0.29) is 5.91 Å². The topological polar surface area (TPSA) is 55.6 Å². The molecule has 0 fully saturated rings. The molecule has 5 heteroatoms. The number of nitrogens with zero attached hydrogens (tertiary/aromatic N) is 2. The van der Waals surface area contributed by atoms with E-state index in [1.807, 2.05) is 25.3 Å².